The van der Waals surface area contributed by atoms with Gasteiger partial charge in [0, 0.05) is 6.54 Å². The lowest BCUT2D eigenvalue weighted by atomic mass is 9.85. The smallest absolute Gasteiger partial charge is 0.118 e. The second-order valence-electron chi connectivity index (χ2n) is 8.19. The molecule has 0 aliphatic carbocycles. The average molecular weight is 398 g/mol. The van der Waals surface area contributed by atoms with Crippen molar-refractivity contribution in [1.82, 2.24) is 4.90 Å². The molecule has 154 valence electrons. The van der Waals surface area contributed by atoms with E-state index in [2.05, 4.69) is 84.6 Å². The van der Waals surface area contributed by atoms with Crippen molar-refractivity contribution in [2.45, 2.75) is 25.7 Å². The van der Waals surface area contributed by atoms with Crippen LogP contribution in [-0.2, 0) is 0 Å². The maximum atomic E-state index is 5.27. The lowest BCUT2D eigenvalue weighted by molar-refractivity contribution is 0.232. The number of benzene rings is 3. The zero-order valence-electron chi connectivity index (χ0n) is 18.1. The van der Waals surface area contributed by atoms with Crippen LogP contribution in [-0.4, -0.2) is 31.6 Å². The van der Waals surface area contributed by atoms with Gasteiger partial charge in [-0.3, -0.25) is 4.90 Å². The van der Waals surface area contributed by atoms with E-state index >= 15 is 0 Å². The van der Waals surface area contributed by atoms with Gasteiger partial charge >= 0.3 is 0 Å². The van der Waals surface area contributed by atoms with E-state index in [1.807, 2.05) is 12.1 Å². The third-order valence-electron chi connectivity index (χ3n) is 6.19. The van der Waals surface area contributed by atoms with Gasteiger partial charge in [-0.15, -0.1) is 0 Å². The summed E-state index contributed by atoms with van der Waals surface area (Å²) >= 11 is 0. The molecule has 2 heteroatoms. The Morgan fingerprint density at radius 2 is 1.60 bits per heavy atom. The molecule has 0 saturated carbocycles. The summed E-state index contributed by atoms with van der Waals surface area (Å²) < 4.78 is 5.27. The van der Waals surface area contributed by atoms with E-state index in [0.29, 0.717) is 5.92 Å². The monoisotopic (exact) mass is 397 g/mol. The molecule has 0 radical (unpaired) electrons. The van der Waals surface area contributed by atoms with Gasteiger partial charge in [-0.25, -0.2) is 0 Å². The summed E-state index contributed by atoms with van der Waals surface area (Å²) in [6.45, 7) is 5.64. The number of ether oxygens (including phenoxy) is 1. The quantitative estimate of drug-likeness (QED) is 0.467. The van der Waals surface area contributed by atoms with Gasteiger partial charge in [0.1, 0.15) is 5.75 Å². The van der Waals surface area contributed by atoms with Crippen molar-refractivity contribution in [3.8, 4) is 16.9 Å². The fraction of sp³-hybridized carbons (Fsp3) is 0.286. The lowest BCUT2D eigenvalue weighted by Gasteiger charge is -2.32. The maximum Gasteiger partial charge on any atom is 0.118 e. The number of piperidine rings is 1. The number of rotatable bonds is 6. The molecule has 1 fully saturated rings. The molecule has 0 aromatic heterocycles. The Morgan fingerprint density at radius 1 is 0.900 bits per heavy atom. The molecule has 3 aromatic carbocycles. The van der Waals surface area contributed by atoms with Crippen LogP contribution in [0.4, 0.5) is 0 Å². The third kappa shape index (κ3) is 5.01. The molecule has 0 spiro atoms. The van der Waals surface area contributed by atoms with Gasteiger partial charge in [0.05, 0.1) is 7.11 Å². The Bertz CT molecular complexity index is 967. The summed E-state index contributed by atoms with van der Waals surface area (Å²) in [6.07, 6.45) is 7.00. The standard InChI is InChI=1S/C28H31NO/c1-22-21-26(24-10-13-27(30-2)14-11-24)12-15-28(22)25-16-19-29(20-17-25)18-6-9-23-7-4-3-5-8-23/h3-15,21,25H,16-20H2,1-2H3. The minimum atomic E-state index is 0.671. The summed E-state index contributed by atoms with van der Waals surface area (Å²) in [5, 5.41) is 0. The van der Waals surface area contributed by atoms with Gasteiger partial charge in [-0.1, -0.05) is 72.8 Å². The van der Waals surface area contributed by atoms with Gasteiger partial charge in [0.2, 0.25) is 0 Å². The van der Waals surface area contributed by atoms with E-state index in [0.717, 1.165) is 12.3 Å². The van der Waals surface area contributed by atoms with Crippen LogP contribution in [0.3, 0.4) is 0 Å². The maximum absolute atomic E-state index is 5.27. The fourth-order valence-electron chi connectivity index (χ4n) is 4.43. The Balaban J connectivity index is 1.34. The van der Waals surface area contributed by atoms with Crippen LogP contribution in [0.15, 0.2) is 78.9 Å². The van der Waals surface area contributed by atoms with E-state index in [9.17, 15) is 0 Å². The molecular weight excluding hydrogens is 366 g/mol. The average Bonchev–Trinajstić information content (AvgIpc) is 2.80. The predicted molar refractivity (Wildman–Crippen MR) is 127 cm³/mol. The number of methoxy groups -OCH3 is 1. The van der Waals surface area contributed by atoms with Crippen LogP contribution >= 0.6 is 0 Å². The Hall–Kier alpha value is -2.84. The van der Waals surface area contributed by atoms with E-state index in [1.54, 1.807) is 7.11 Å². The summed E-state index contributed by atoms with van der Waals surface area (Å²) in [7, 11) is 1.71. The third-order valence-corrected chi connectivity index (χ3v) is 6.19. The van der Waals surface area contributed by atoms with Crippen LogP contribution in [0.25, 0.3) is 17.2 Å². The van der Waals surface area contributed by atoms with Crippen LogP contribution < -0.4 is 4.74 Å². The van der Waals surface area contributed by atoms with Gasteiger partial charge in [-0.2, -0.15) is 0 Å². The summed E-state index contributed by atoms with van der Waals surface area (Å²) in [5.41, 5.74) is 6.73. The minimum Gasteiger partial charge on any atom is -0.497 e. The van der Waals surface area contributed by atoms with Crippen molar-refractivity contribution in [2.24, 2.45) is 0 Å². The highest BCUT2D eigenvalue weighted by molar-refractivity contribution is 5.65. The molecule has 1 aliphatic rings. The van der Waals surface area contributed by atoms with Gasteiger partial charge in [0.15, 0.2) is 0 Å². The van der Waals surface area contributed by atoms with Crippen molar-refractivity contribution < 1.29 is 4.74 Å². The van der Waals surface area contributed by atoms with E-state index < -0.39 is 0 Å². The molecule has 30 heavy (non-hydrogen) atoms. The van der Waals surface area contributed by atoms with Gasteiger partial charge < -0.3 is 4.74 Å². The molecule has 0 unspecified atom stereocenters. The summed E-state index contributed by atoms with van der Waals surface area (Å²) in [4.78, 5) is 2.57. The molecule has 3 aromatic rings. The Morgan fingerprint density at radius 3 is 2.27 bits per heavy atom. The molecule has 0 atom stereocenters. The van der Waals surface area contributed by atoms with Crippen LogP contribution in [0.1, 0.15) is 35.4 Å². The van der Waals surface area contributed by atoms with Crippen molar-refractivity contribution >= 4 is 6.08 Å². The minimum absolute atomic E-state index is 0.671. The summed E-state index contributed by atoms with van der Waals surface area (Å²) in [6, 6.07) is 25.8. The van der Waals surface area contributed by atoms with Crippen LogP contribution in [0.2, 0.25) is 0 Å². The number of hydrogen-bond acceptors (Lipinski definition) is 2. The number of aryl methyl sites for hydroxylation is 1. The molecule has 0 bridgehead atoms. The number of nitrogens with zero attached hydrogens (tertiary/aromatic N) is 1. The van der Waals surface area contributed by atoms with Crippen LogP contribution in [0.5, 0.6) is 5.75 Å². The Kier molecular flexibility index (Phi) is 6.66. The number of likely N-dealkylation sites (tertiary alicyclic amines) is 1. The predicted octanol–water partition coefficient (Wildman–Crippen LogP) is 6.56. The first-order valence-electron chi connectivity index (χ1n) is 10.9. The van der Waals surface area contributed by atoms with Gasteiger partial charge in [-0.05, 0) is 78.7 Å². The number of hydrogen-bond donors (Lipinski definition) is 0. The van der Waals surface area contributed by atoms with Crippen molar-refractivity contribution in [3.63, 3.8) is 0 Å². The molecule has 4 rings (SSSR count). The Labute approximate surface area is 180 Å². The van der Waals surface area contributed by atoms with Crippen molar-refractivity contribution in [1.29, 1.82) is 0 Å². The zero-order chi connectivity index (χ0) is 20.8. The van der Waals surface area contributed by atoms with E-state index in [4.69, 9.17) is 4.74 Å². The van der Waals surface area contributed by atoms with Crippen molar-refractivity contribution in [3.05, 3.63) is 95.6 Å². The summed E-state index contributed by atoms with van der Waals surface area (Å²) in [5.74, 6) is 1.57. The highest BCUT2D eigenvalue weighted by Crippen LogP contribution is 2.33. The van der Waals surface area contributed by atoms with Crippen LogP contribution in [0, 0.1) is 6.92 Å². The molecule has 0 N–H and O–H groups in total. The molecule has 0 amide bonds. The second kappa shape index (κ2) is 9.77. The van der Waals surface area contributed by atoms with Gasteiger partial charge in [0.25, 0.3) is 0 Å². The lowest BCUT2D eigenvalue weighted by Crippen LogP contribution is -2.33. The first-order valence-corrected chi connectivity index (χ1v) is 10.9. The second-order valence-corrected chi connectivity index (χ2v) is 8.19. The van der Waals surface area contributed by atoms with Crippen molar-refractivity contribution in [2.75, 3.05) is 26.7 Å². The van der Waals surface area contributed by atoms with E-state index in [1.165, 1.54) is 53.7 Å². The molecular formula is C28H31NO. The fourth-order valence-corrected chi connectivity index (χ4v) is 4.43. The molecule has 2 nitrogen and oxygen atoms in total. The first kappa shape index (κ1) is 20.4. The highest BCUT2D eigenvalue weighted by Gasteiger charge is 2.21. The molecule has 1 aliphatic heterocycles. The zero-order valence-corrected chi connectivity index (χ0v) is 18.1. The topological polar surface area (TPSA) is 12.5 Å². The normalized spacial score (nSPS) is 15.5. The molecule has 1 heterocycles. The largest absolute Gasteiger partial charge is 0.497 e. The first-order chi connectivity index (χ1) is 14.7. The highest BCUT2D eigenvalue weighted by atomic mass is 16.5. The molecule has 1 saturated heterocycles. The SMILES string of the molecule is COc1ccc(-c2ccc(C3CCN(CC=Cc4ccccc4)CC3)c(C)c2)cc1. The van der Waals surface area contributed by atoms with E-state index in [-0.39, 0.29) is 0 Å².